The van der Waals surface area contributed by atoms with Crippen molar-refractivity contribution >= 4 is 40.4 Å². The molecule has 11 heteroatoms. The van der Waals surface area contributed by atoms with Crippen LogP contribution in [0.2, 0.25) is 10.2 Å². The van der Waals surface area contributed by atoms with E-state index in [9.17, 15) is 13.6 Å². The van der Waals surface area contributed by atoms with E-state index in [1.807, 2.05) is 0 Å². The zero-order valence-electron chi connectivity index (χ0n) is 11.5. The molecule has 1 saturated heterocycles. The monoisotopic (exact) mass is 381 g/mol. The molecule has 0 amide bonds. The van der Waals surface area contributed by atoms with E-state index in [0.717, 1.165) is 0 Å². The molecule has 2 aromatic rings. The standard InChI is InChI=1S/C12H11Cl2F2N5OS/c13-6-11(21-2-1-17-3-5(21)9(15)16)19-10(20-12(6)22)7-8(14)18-4-23-7/h4-5,9,17H,1-3H2,(H,19,20,22)/t5-/m1/s1. The Bertz CT molecular complexity index is 768. The molecule has 23 heavy (non-hydrogen) atoms. The highest BCUT2D eigenvalue weighted by atomic mass is 35.5. The summed E-state index contributed by atoms with van der Waals surface area (Å²) in [6, 6.07) is -1.11. The molecule has 3 heterocycles. The van der Waals surface area contributed by atoms with Gasteiger partial charge in [0.2, 0.25) is 0 Å². The Morgan fingerprint density at radius 3 is 2.87 bits per heavy atom. The summed E-state index contributed by atoms with van der Waals surface area (Å²) in [5.74, 6) is 0.190. The maximum Gasteiger partial charge on any atom is 0.272 e. The molecule has 0 aliphatic carbocycles. The predicted molar refractivity (Wildman–Crippen MR) is 86.0 cm³/mol. The summed E-state index contributed by atoms with van der Waals surface area (Å²) in [5, 5.41) is 2.85. The minimum Gasteiger partial charge on any atom is -0.344 e. The summed E-state index contributed by atoms with van der Waals surface area (Å²) in [4.78, 5) is 24.5. The van der Waals surface area contributed by atoms with Gasteiger partial charge in [-0.05, 0) is 0 Å². The summed E-state index contributed by atoms with van der Waals surface area (Å²) < 4.78 is 26.5. The normalized spacial score (nSPS) is 18.7. The number of aromatic amines is 1. The molecule has 0 unspecified atom stereocenters. The smallest absolute Gasteiger partial charge is 0.272 e. The molecule has 6 nitrogen and oxygen atoms in total. The van der Waals surface area contributed by atoms with Crippen molar-refractivity contribution in [3.8, 4) is 10.7 Å². The maximum absolute atomic E-state index is 13.3. The quantitative estimate of drug-likeness (QED) is 0.852. The van der Waals surface area contributed by atoms with Gasteiger partial charge in [-0.1, -0.05) is 23.2 Å². The maximum atomic E-state index is 13.3. The molecule has 124 valence electrons. The van der Waals surface area contributed by atoms with E-state index in [2.05, 4.69) is 20.3 Å². The highest BCUT2D eigenvalue weighted by Crippen LogP contribution is 2.31. The summed E-state index contributed by atoms with van der Waals surface area (Å²) in [6.07, 6.45) is -2.60. The second-order valence-corrected chi connectivity index (χ2v) is 6.41. The summed E-state index contributed by atoms with van der Waals surface area (Å²) in [6.45, 7) is 0.838. The first kappa shape index (κ1) is 16.6. The molecule has 0 radical (unpaired) electrons. The molecule has 3 rings (SSSR count). The van der Waals surface area contributed by atoms with E-state index < -0.39 is 18.0 Å². The van der Waals surface area contributed by atoms with Gasteiger partial charge in [0.25, 0.3) is 12.0 Å². The van der Waals surface area contributed by atoms with Gasteiger partial charge in [-0.25, -0.2) is 18.7 Å². The number of rotatable bonds is 3. The van der Waals surface area contributed by atoms with Crippen LogP contribution in [0, 0.1) is 0 Å². The van der Waals surface area contributed by atoms with Gasteiger partial charge in [0.05, 0.1) is 5.51 Å². The SMILES string of the molecule is O=c1[nH]c(-c2scnc2Cl)nc(N2CCNC[C@@H]2C(F)F)c1Cl. The Balaban J connectivity index is 2.09. The molecule has 0 spiro atoms. The lowest BCUT2D eigenvalue weighted by Crippen LogP contribution is -2.55. The number of piperazine rings is 1. The van der Waals surface area contributed by atoms with Crippen molar-refractivity contribution in [1.82, 2.24) is 20.3 Å². The Morgan fingerprint density at radius 1 is 1.43 bits per heavy atom. The Morgan fingerprint density at radius 2 is 2.22 bits per heavy atom. The fourth-order valence-corrected chi connectivity index (χ4v) is 3.49. The molecule has 0 aromatic carbocycles. The summed E-state index contributed by atoms with van der Waals surface area (Å²) in [5.41, 5.74) is 0.890. The molecular weight excluding hydrogens is 371 g/mol. The fourth-order valence-electron chi connectivity index (χ4n) is 2.34. The lowest BCUT2D eigenvalue weighted by atomic mass is 10.2. The minimum absolute atomic E-state index is 0.0293. The van der Waals surface area contributed by atoms with Gasteiger partial charge in [0.15, 0.2) is 16.8 Å². The first-order chi connectivity index (χ1) is 11.0. The van der Waals surface area contributed by atoms with E-state index in [1.165, 1.54) is 21.7 Å². The van der Waals surface area contributed by atoms with Crippen LogP contribution in [0.3, 0.4) is 0 Å². The number of aromatic nitrogens is 3. The van der Waals surface area contributed by atoms with Crippen molar-refractivity contribution in [2.45, 2.75) is 12.5 Å². The molecule has 1 atom stereocenters. The highest BCUT2D eigenvalue weighted by molar-refractivity contribution is 7.13. The number of hydrogen-bond donors (Lipinski definition) is 2. The third-order valence-corrected chi connectivity index (χ3v) is 5.00. The van der Waals surface area contributed by atoms with E-state index in [-0.39, 0.29) is 34.9 Å². The van der Waals surface area contributed by atoms with Gasteiger partial charge >= 0.3 is 0 Å². The Labute approximate surface area is 143 Å². The zero-order valence-corrected chi connectivity index (χ0v) is 13.9. The van der Waals surface area contributed by atoms with Gasteiger partial charge in [0.1, 0.15) is 15.9 Å². The van der Waals surface area contributed by atoms with Crippen LogP contribution in [0.1, 0.15) is 0 Å². The molecule has 1 fully saturated rings. The molecule has 0 saturated carbocycles. The van der Waals surface area contributed by atoms with Crippen LogP contribution >= 0.6 is 34.5 Å². The lowest BCUT2D eigenvalue weighted by molar-refractivity contribution is 0.105. The summed E-state index contributed by atoms with van der Waals surface area (Å²) >= 11 is 13.1. The van der Waals surface area contributed by atoms with Gasteiger partial charge < -0.3 is 15.2 Å². The number of alkyl halides is 2. The number of hydrogen-bond acceptors (Lipinski definition) is 6. The predicted octanol–water partition coefficient (Wildman–Crippen LogP) is 2.24. The van der Waals surface area contributed by atoms with Crippen molar-refractivity contribution in [2.75, 3.05) is 24.5 Å². The number of nitrogens with one attached hydrogen (secondary N) is 2. The van der Waals surface area contributed by atoms with Crippen LogP contribution in [0.25, 0.3) is 10.7 Å². The number of anilines is 1. The first-order valence-corrected chi connectivity index (χ1v) is 8.27. The third-order valence-electron chi connectivity index (χ3n) is 3.43. The topological polar surface area (TPSA) is 73.9 Å². The van der Waals surface area contributed by atoms with Crippen LogP contribution < -0.4 is 15.8 Å². The number of thiazole rings is 1. The molecule has 2 aromatic heterocycles. The number of nitrogens with zero attached hydrogens (tertiary/aromatic N) is 3. The van der Waals surface area contributed by atoms with Gasteiger partial charge in [0, 0.05) is 19.6 Å². The van der Waals surface area contributed by atoms with Crippen molar-refractivity contribution in [3.63, 3.8) is 0 Å². The third kappa shape index (κ3) is 3.18. The van der Waals surface area contributed by atoms with Crippen LogP contribution in [-0.2, 0) is 0 Å². The molecule has 1 aliphatic rings. The van der Waals surface area contributed by atoms with Crippen LogP contribution in [0.15, 0.2) is 10.3 Å². The molecule has 0 bridgehead atoms. The lowest BCUT2D eigenvalue weighted by Gasteiger charge is -2.36. The van der Waals surface area contributed by atoms with Crippen LogP contribution in [-0.4, -0.2) is 47.1 Å². The van der Waals surface area contributed by atoms with Crippen molar-refractivity contribution in [2.24, 2.45) is 0 Å². The first-order valence-electron chi connectivity index (χ1n) is 6.63. The van der Waals surface area contributed by atoms with Crippen LogP contribution in [0.4, 0.5) is 14.6 Å². The number of halogens is 4. The minimum atomic E-state index is -2.60. The van der Waals surface area contributed by atoms with Crippen LogP contribution in [0.5, 0.6) is 0 Å². The number of H-pyrrole nitrogens is 1. The molecule has 1 aliphatic heterocycles. The largest absolute Gasteiger partial charge is 0.344 e. The van der Waals surface area contributed by atoms with Crippen molar-refractivity contribution in [1.29, 1.82) is 0 Å². The van der Waals surface area contributed by atoms with Crippen molar-refractivity contribution in [3.05, 3.63) is 26.0 Å². The zero-order chi connectivity index (χ0) is 16.6. The molecule has 2 N–H and O–H groups in total. The van der Waals surface area contributed by atoms with E-state index in [1.54, 1.807) is 0 Å². The van der Waals surface area contributed by atoms with Crippen molar-refractivity contribution < 1.29 is 8.78 Å². The Kier molecular flexibility index (Phi) is 4.81. The van der Waals surface area contributed by atoms with E-state index >= 15 is 0 Å². The highest BCUT2D eigenvalue weighted by Gasteiger charge is 2.33. The van der Waals surface area contributed by atoms with Gasteiger partial charge in [-0.2, -0.15) is 0 Å². The van der Waals surface area contributed by atoms with Gasteiger partial charge in [-0.15, -0.1) is 11.3 Å². The second-order valence-electron chi connectivity index (χ2n) is 4.82. The van der Waals surface area contributed by atoms with Gasteiger partial charge in [-0.3, -0.25) is 4.79 Å². The second kappa shape index (κ2) is 6.68. The average Bonchev–Trinajstić information content (AvgIpc) is 2.96. The Hall–Kier alpha value is -1.29. The molecular formula is C12H11Cl2F2N5OS. The van der Waals surface area contributed by atoms with E-state index in [0.29, 0.717) is 11.4 Å². The average molecular weight is 382 g/mol. The summed E-state index contributed by atoms with van der Waals surface area (Å²) in [7, 11) is 0. The van der Waals surface area contributed by atoms with E-state index in [4.69, 9.17) is 23.2 Å². The fraction of sp³-hybridized carbons (Fsp3) is 0.417.